The Hall–Kier alpha value is -2.74. The molecule has 2 aromatic rings. The molecule has 0 aromatic carbocycles. The van der Waals surface area contributed by atoms with Gasteiger partial charge in [0.1, 0.15) is 5.60 Å². The lowest BCUT2D eigenvalue weighted by molar-refractivity contribution is -0.152. The number of amides is 2. The van der Waals surface area contributed by atoms with Gasteiger partial charge >= 0.3 is 0 Å². The lowest BCUT2D eigenvalue weighted by Gasteiger charge is -2.33. The van der Waals surface area contributed by atoms with Crippen molar-refractivity contribution in [2.24, 2.45) is 0 Å². The summed E-state index contributed by atoms with van der Waals surface area (Å²) < 4.78 is 7.05. The van der Waals surface area contributed by atoms with Crippen LogP contribution in [0.2, 0.25) is 0 Å². The number of hydrogen-bond donors (Lipinski definition) is 1. The number of carbonyl (C=O) groups excluding carboxylic acids is 2. The van der Waals surface area contributed by atoms with Gasteiger partial charge in [-0.05, 0) is 32.0 Å². The molecule has 0 saturated carbocycles. The maximum Gasteiger partial charge on any atom is 0.272 e. The zero-order valence-corrected chi connectivity index (χ0v) is 15.2. The third-order valence-corrected chi connectivity index (χ3v) is 4.50. The van der Waals surface area contributed by atoms with Crippen molar-refractivity contribution in [2.75, 3.05) is 13.7 Å². The summed E-state index contributed by atoms with van der Waals surface area (Å²) in [6.45, 7) is 5.33. The van der Waals surface area contributed by atoms with Crippen molar-refractivity contribution < 1.29 is 14.3 Å². The fourth-order valence-corrected chi connectivity index (χ4v) is 2.78. The van der Waals surface area contributed by atoms with Gasteiger partial charge < -0.3 is 15.0 Å². The minimum atomic E-state index is -0.870. The van der Waals surface area contributed by atoms with Crippen LogP contribution in [0.5, 0.6) is 0 Å². The average Bonchev–Trinajstić information content (AvgIpc) is 3.09. The van der Waals surface area contributed by atoms with E-state index in [0.717, 1.165) is 11.4 Å². The molecule has 0 aliphatic carbocycles. The molecule has 2 amide bonds. The highest BCUT2D eigenvalue weighted by Gasteiger charge is 2.34. The molecule has 0 spiro atoms. The monoisotopic (exact) mass is 357 g/mol. The van der Waals surface area contributed by atoms with Gasteiger partial charge in [0.25, 0.3) is 11.8 Å². The first kappa shape index (κ1) is 18.1. The van der Waals surface area contributed by atoms with Crippen LogP contribution in [-0.4, -0.2) is 50.7 Å². The summed E-state index contributed by atoms with van der Waals surface area (Å²) >= 11 is 0. The van der Waals surface area contributed by atoms with E-state index in [1.54, 1.807) is 35.7 Å². The highest BCUT2D eigenvalue weighted by atomic mass is 16.5. The second kappa shape index (κ2) is 7.25. The number of rotatable bonds is 5. The molecular weight excluding hydrogens is 334 g/mol. The molecule has 0 bridgehead atoms. The maximum atomic E-state index is 12.5. The fourth-order valence-electron chi connectivity index (χ4n) is 2.78. The fraction of sp³-hybridized carbons (Fsp3) is 0.444. The Labute approximate surface area is 152 Å². The second-order valence-corrected chi connectivity index (χ2v) is 6.69. The van der Waals surface area contributed by atoms with E-state index in [4.69, 9.17) is 4.74 Å². The average molecular weight is 357 g/mol. The lowest BCUT2D eigenvalue weighted by atomic mass is 10.1. The number of pyridine rings is 1. The molecule has 138 valence electrons. The van der Waals surface area contributed by atoms with Crippen LogP contribution < -0.4 is 5.32 Å². The van der Waals surface area contributed by atoms with E-state index in [1.807, 2.05) is 18.2 Å². The van der Waals surface area contributed by atoms with Crippen molar-refractivity contribution >= 4 is 11.8 Å². The molecule has 0 atom stereocenters. The highest BCUT2D eigenvalue weighted by Crippen LogP contribution is 2.19. The first-order valence-corrected chi connectivity index (χ1v) is 8.50. The largest absolute Gasteiger partial charge is 0.369 e. The third kappa shape index (κ3) is 3.75. The molecule has 1 aliphatic rings. The quantitative estimate of drug-likeness (QED) is 0.861. The summed E-state index contributed by atoms with van der Waals surface area (Å²) in [5, 5.41) is 7.17. The predicted molar refractivity (Wildman–Crippen MR) is 94.1 cm³/mol. The van der Waals surface area contributed by atoms with Gasteiger partial charge in [0.2, 0.25) is 0 Å². The number of fused-ring (bicyclic) bond motifs is 1. The van der Waals surface area contributed by atoms with E-state index >= 15 is 0 Å². The van der Waals surface area contributed by atoms with Crippen molar-refractivity contribution in [1.82, 2.24) is 25.0 Å². The standard InChI is InChI=1S/C18H23N5O3/c1-18(2,26-3)17(25)22-8-9-23-14(12-22)10-15(21-23)16(24)20-11-13-6-4-5-7-19-13/h4-7,10H,8-9,11-12H2,1-3H3,(H,20,24). The Kier molecular flexibility index (Phi) is 5.03. The van der Waals surface area contributed by atoms with Crippen LogP contribution in [-0.2, 0) is 29.2 Å². The summed E-state index contributed by atoms with van der Waals surface area (Å²) in [6.07, 6.45) is 1.68. The molecule has 0 unspecified atom stereocenters. The highest BCUT2D eigenvalue weighted by molar-refractivity contribution is 5.92. The second-order valence-electron chi connectivity index (χ2n) is 6.69. The van der Waals surface area contributed by atoms with Gasteiger partial charge in [0.05, 0.1) is 31.0 Å². The van der Waals surface area contributed by atoms with Crippen LogP contribution in [0.15, 0.2) is 30.5 Å². The van der Waals surface area contributed by atoms with Crippen LogP contribution in [0.25, 0.3) is 0 Å². The number of methoxy groups -OCH3 is 1. The van der Waals surface area contributed by atoms with Gasteiger partial charge in [-0.15, -0.1) is 0 Å². The minimum absolute atomic E-state index is 0.0754. The van der Waals surface area contributed by atoms with Gasteiger partial charge in [-0.25, -0.2) is 0 Å². The van der Waals surface area contributed by atoms with Crippen molar-refractivity contribution in [3.63, 3.8) is 0 Å². The zero-order valence-electron chi connectivity index (χ0n) is 15.2. The number of aromatic nitrogens is 3. The Morgan fingerprint density at radius 1 is 1.31 bits per heavy atom. The number of ether oxygens (including phenoxy) is 1. The van der Waals surface area contributed by atoms with Gasteiger partial charge in [0.15, 0.2) is 5.69 Å². The Bertz CT molecular complexity index is 800. The zero-order chi connectivity index (χ0) is 18.7. The van der Waals surface area contributed by atoms with Crippen LogP contribution >= 0.6 is 0 Å². The number of nitrogens with one attached hydrogen (secondary N) is 1. The molecule has 3 rings (SSSR count). The normalized spacial score (nSPS) is 14.0. The van der Waals surface area contributed by atoms with Gasteiger partial charge in [-0.3, -0.25) is 19.3 Å². The van der Waals surface area contributed by atoms with Crippen molar-refractivity contribution in [1.29, 1.82) is 0 Å². The summed E-state index contributed by atoms with van der Waals surface area (Å²) in [5.74, 6) is -0.332. The van der Waals surface area contributed by atoms with Crippen molar-refractivity contribution in [3.05, 3.63) is 47.5 Å². The molecule has 0 saturated heterocycles. The van der Waals surface area contributed by atoms with Crippen LogP contribution in [0.3, 0.4) is 0 Å². The van der Waals surface area contributed by atoms with E-state index in [0.29, 0.717) is 31.9 Å². The summed E-state index contributed by atoms with van der Waals surface area (Å²) in [4.78, 5) is 30.8. The lowest BCUT2D eigenvalue weighted by Crippen LogP contribution is -2.49. The van der Waals surface area contributed by atoms with Gasteiger partial charge in [-0.2, -0.15) is 5.10 Å². The minimum Gasteiger partial charge on any atom is -0.369 e. The SMILES string of the molecule is COC(C)(C)C(=O)N1CCn2nc(C(=O)NCc3ccccn3)cc2C1. The Balaban J connectivity index is 1.65. The topological polar surface area (TPSA) is 89.4 Å². The van der Waals surface area contributed by atoms with E-state index in [2.05, 4.69) is 15.4 Å². The van der Waals surface area contributed by atoms with Gasteiger partial charge in [0, 0.05) is 19.9 Å². The van der Waals surface area contributed by atoms with Crippen LogP contribution in [0.1, 0.15) is 35.7 Å². The molecule has 3 heterocycles. The number of nitrogens with zero attached hydrogens (tertiary/aromatic N) is 4. The van der Waals surface area contributed by atoms with E-state index < -0.39 is 5.60 Å². The maximum absolute atomic E-state index is 12.5. The smallest absolute Gasteiger partial charge is 0.272 e. The summed E-state index contributed by atoms with van der Waals surface area (Å²) in [7, 11) is 1.52. The van der Waals surface area contributed by atoms with E-state index in [1.165, 1.54) is 7.11 Å². The molecule has 0 fully saturated rings. The first-order valence-electron chi connectivity index (χ1n) is 8.50. The molecule has 8 heteroatoms. The molecule has 26 heavy (non-hydrogen) atoms. The molecule has 2 aromatic heterocycles. The third-order valence-electron chi connectivity index (χ3n) is 4.50. The molecule has 1 N–H and O–H groups in total. The summed E-state index contributed by atoms with van der Waals surface area (Å²) in [5.41, 5.74) is 1.09. The summed E-state index contributed by atoms with van der Waals surface area (Å²) in [6, 6.07) is 7.27. The molecule has 8 nitrogen and oxygen atoms in total. The first-order chi connectivity index (χ1) is 12.4. The van der Waals surface area contributed by atoms with Crippen LogP contribution in [0.4, 0.5) is 0 Å². The Morgan fingerprint density at radius 3 is 2.81 bits per heavy atom. The molecular formula is C18H23N5O3. The van der Waals surface area contributed by atoms with Crippen LogP contribution in [0, 0.1) is 0 Å². The van der Waals surface area contributed by atoms with E-state index in [-0.39, 0.29) is 11.8 Å². The van der Waals surface area contributed by atoms with Gasteiger partial charge in [-0.1, -0.05) is 6.07 Å². The van der Waals surface area contributed by atoms with Crippen molar-refractivity contribution in [3.8, 4) is 0 Å². The number of carbonyl (C=O) groups is 2. The van der Waals surface area contributed by atoms with Crippen molar-refractivity contribution in [2.45, 2.75) is 39.1 Å². The predicted octanol–water partition coefficient (Wildman–Crippen LogP) is 0.975. The number of hydrogen-bond acceptors (Lipinski definition) is 5. The molecule has 1 aliphatic heterocycles. The Morgan fingerprint density at radius 2 is 2.12 bits per heavy atom. The van der Waals surface area contributed by atoms with E-state index in [9.17, 15) is 9.59 Å². The molecule has 0 radical (unpaired) electrons.